The highest BCUT2D eigenvalue weighted by atomic mass is 35.5. The molecule has 0 aromatic heterocycles. The van der Waals surface area contributed by atoms with Gasteiger partial charge in [0.1, 0.15) is 17.2 Å². The van der Waals surface area contributed by atoms with Gasteiger partial charge in [0.05, 0.1) is 25.4 Å². The number of nitrogens with zero attached hydrogens (tertiary/aromatic N) is 2. The van der Waals surface area contributed by atoms with E-state index in [1.165, 1.54) is 0 Å². The summed E-state index contributed by atoms with van der Waals surface area (Å²) in [6.45, 7) is 18.8. The van der Waals surface area contributed by atoms with Crippen LogP contribution in [0, 0.1) is 13.8 Å². The maximum Gasteiger partial charge on any atom is 0.340 e. The van der Waals surface area contributed by atoms with Gasteiger partial charge in [-0.1, -0.05) is 98.9 Å². The molecule has 0 radical (unpaired) electrons. The summed E-state index contributed by atoms with van der Waals surface area (Å²) >= 11 is 15.5. The molecule has 428 valence electrons. The lowest BCUT2D eigenvalue weighted by atomic mass is 9.80. The lowest BCUT2D eigenvalue weighted by Crippen LogP contribution is -2.24. The zero-order valence-electron chi connectivity index (χ0n) is 48.9. The molecule has 0 bridgehead atoms. The van der Waals surface area contributed by atoms with Crippen LogP contribution in [0.25, 0.3) is 33.4 Å². The number of hydrogen-bond acceptors (Lipinski definition) is 9. The molecule has 3 aliphatic heterocycles. The summed E-state index contributed by atoms with van der Waals surface area (Å²) in [5.41, 5.74) is 10.9. The Balaban J connectivity index is 1.34. The zero-order chi connectivity index (χ0) is 58.4. The van der Waals surface area contributed by atoms with Crippen LogP contribution in [0.3, 0.4) is 0 Å². The summed E-state index contributed by atoms with van der Waals surface area (Å²) in [6, 6.07) is 41.5. The van der Waals surface area contributed by atoms with E-state index in [4.69, 9.17) is 42.1 Å². The van der Waals surface area contributed by atoms with Crippen LogP contribution in [-0.2, 0) is 10.3 Å². The van der Waals surface area contributed by atoms with Gasteiger partial charge >= 0.3 is 5.97 Å². The maximum atomic E-state index is 15.1. The molecule has 0 N–H and O–H groups in total. The van der Waals surface area contributed by atoms with Crippen LogP contribution < -0.4 is 24.0 Å². The Morgan fingerprint density at radius 2 is 1.00 bits per heavy atom. The number of cyclic esters (lactones) is 1. The van der Waals surface area contributed by atoms with E-state index in [0.29, 0.717) is 91.3 Å². The third kappa shape index (κ3) is 12.1. The first-order valence-corrected chi connectivity index (χ1v) is 30.4. The molecule has 0 spiro atoms. The van der Waals surface area contributed by atoms with Gasteiger partial charge in [-0.2, -0.15) is 0 Å². The predicted molar refractivity (Wildman–Crippen MR) is 339 cm³/mol. The molecule has 2 saturated heterocycles. The third-order valence-electron chi connectivity index (χ3n) is 16.3. The van der Waals surface area contributed by atoms with Crippen molar-refractivity contribution in [3.05, 3.63) is 205 Å². The molecule has 0 unspecified atom stereocenters. The normalized spacial score (nSPS) is 14.9. The van der Waals surface area contributed by atoms with Crippen LogP contribution >= 0.6 is 23.2 Å². The molecule has 0 amide bonds. The number of ketones is 2. The van der Waals surface area contributed by atoms with Gasteiger partial charge in [-0.05, 0) is 195 Å². The van der Waals surface area contributed by atoms with Gasteiger partial charge in [-0.25, -0.2) is 4.79 Å². The summed E-state index contributed by atoms with van der Waals surface area (Å²) in [7, 11) is 0. The minimum absolute atomic E-state index is 0.0585. The van der Waals surface area contributed by atoms with E-state index >= 15 is 4.79 Å². The van der Waals surface area contributed by atoms with Crippen molar-refractivity contribution >= 4 is 63.3 Å². The van der Waals surface area contributed by atoms with Crippen LogP contribution in [0.2, 0.25) is 10.0 Å². The van der Waals surface area contributed by atoms with E-state index in [9.17, 15) is 9.59 Å². The van der Waals surface area contributed by atoms with Gasteiger partial charge < -0.3 is 28.7 Å². The molecule has 3 aliphatic rings. The number of carbonyl (C=O) groups excluding carboxylic acids is 3. The molecular weight excluding hydrogens is 1080 g/mol. The molecule has 7 aromatic carbocycles. The average Bonchev–Trinajstić information content (AvgIpc) is 3.63. The first-order chi connectivity index (χ1) is 40.3. The lowest BCUT2D eigenvalue weighted by Gasteiger charge is -2.29. The number of carbonyl (C=O) groups is 3. The predicted octanol–water partition coefficient (Wildman–Crippen LogP) is 17.9. The fourth-order valence-electron chi connectivity index (χ4n) is 12.0. The molecule has 0 saturated carbocycles. The molecular formula is C72H74Cl2N2O7. The fourth-order valence-corrected chi connectivity index (χ4v) is 12.5. The van der Waals surface area contributed by atoms with Crippen molar-refractivity contribution in [1.29, 1.82) is 0 Å². The number of para-hydroxylation sites is 2. The van der Waals surface area contributed by atoms with E-state index in [0.717, 1.165) is 121 Å². The Morgan fingerprint density at radius 3 is 1.45 bits per heavy atom. The molecule has 7 aromatic rings. The largest absolute Gasteiger partial charge is 0.494 e. The smallest absolute Gasteiger partial charge is 0.340 e. The highest BCUT2D eigenvalue weighted by Gasteiger charge is 2.45. The number of ether oxygens (including phenoxy) is 4. The standard InChI is InChI=1S/C72H74Cl2N2O7/c1-8-13-36-82-50-28-31-55-64(41-50)72(83-71(55)79,44-62(51-29-26-48(75-32-18-19-33-75)39-60(51)67(77)9-2)58-37-46(6)56(42-65(58)73)53-22-14-16-24-69(53)80-11-4)45-63(52-30-27-49(76-34-20-21-35-76)40-61(52)68(78)10-3)59-38-47(7)57(43-66(59)74)54-23-15-17-25-70(54)81-12-5/h14-17,22-31,37-45H,8-13,18-21,32-36H2,1-7H3/b62-44+,63-45+. The fraction of sp³-hybridized carbons (Fsp3) is 0.319. The van der Waals surface area contributed by atoms with Crippen LogP contribution in [-0.4, -0.2) is 63.5 Å². The molecule has 9 nitrogen and oxygen atoms in total. The zero-order valence-corrected chi connectivity index (χ0v) is 50.4. The van der Waals surface area contributed by atoms with Crippen LogP contribution in [0.4, 0.5) is 11.4 Å². The molecule has 0 aliphatic carbocycles. The lowest BCUT2D eigenvalue weighted by molar-refractivity contribution is 0.0299. The number of esters is 1. The van der Waals surface area contributed by atoms with Crippen molar-refractivity contribution < 1.29 is 33.3 Å². The molecule has 3 heterocycles. The third-order valence-corrected chi connectivity index (χ3v) is 16.9. The summed E-state index contributed by atoms with van der Waals surface area (Å²) in [5.74, 6) is 1.32. The van der Waals surface area contributed by atoms with E-state index in [1.807, 2.05) is 151 Å². The van der Waals surface area contributed by atoms with E-state index in [2.05, 4.69) is 41.0 Å². The Morgan fingerprint density at radius 1 is 0.530 bits per heavy atom. The summed E-state index contributed by atoms with van der Waals surface area (Å²) in [6.07, 6.45) is 10.3. The van der Waals surface area contributed by atoms with E-state index in [-0.39, 0.29) is 24.4 Å². The van der Waals surface area contributed by atoms with Crippen LogP contribution in [0.5, 0.6) is 17.2 Å². The topological polar surface area (TPSA) is 94.6 Å². The average molecular weight is 1150 g/mol. The molecule has 10 rings (SSSR count). The SMILES string of the molecule is CCCCOc1ccc2c(c1)C(/C=C(/c1cc(C)c(-c3ccccc3OCC)cc1Cl)c1ccc(N3CCCC3)cc1C(=O)CC)(/C=C(/c1cc(C)c(-c3ccccc3OCC)cc1Cl)c1ccc(N3CCCC3)cc1C(=O)CC)OC2=O. The van der Waals surface area contributed by atoms with Gasteiger partial charge in [0.2, 0.25) is 0 Å². The number of anilines is 2. The quantitative estimate of drug-likeness (QED) is 0.0374. The first-order valence-electron chi connectivity index (χ1n) is 29.7. The van der Waals surface area contributed by atoms with Crippen molar-refractivity contribution in [2.75, 3.05) is 55.8 Å². The number of unbranched alkanes of at least 4 members (excludes halogenated alkanes) is 1. The minimum Gasteiger partial charge on any atom is -0.494 e. The van der Waals surface area contributed by atoms with Gasteiger partial charge in [-0.15, -0.1) is 0 Å². The van der Waals surface area contributed by atoms with E-state index < -0.39 is 11.6 Å². The number of aryl methyl sites for hydroxylation is 2. The Bertz CT molecular complexity index is 3460. The van der Waals surface area contributed by atoms with Crippen LogP contribution in [0.1, 0.15) is 156 Å². The monoisotopic (exact) mass is 1150 g/mol. The minimum atomic E-state index is -1.78. The highest BCUT2D eigenvalue weighted by Crippen LogP contribution is 2.50. The van der Waals surface area contributed by atoms with Crippen molar-refractivity contribution in [1.82, 2.24) is 0 Å². The van der Waals surface area contributed by atoms with Gasteiger partial charge in [0, 0.05) is 99.4 Å². The molecule has 0 atom stereocenters. The Hall–Kier alpha value is -7.59. The molecule has 11 heteroatoms. The van der Waals surface area contributed by atoms with Gasteiger partial charge in [-0.3, -0.25) is 9.59 Å². The van der Waals surface area contributed by atoms with Crippen molar-refractivity contribution in [2.24, 2.45) is 0 Å². The van der Waals surface area contributed by atoms with Crippen molar-refractivity contribution in [2.45, 2.75) is 105 Å². The van der Waals surface area contributed by atoms with Crippen molar-refractivity contribution in [3.63, 3.8) is 0 Å². The number of Topliss-reactive ketones (excluding diaryl/α,β-unsaturated/α-hetero) is 2. The van der Waals surface area contributed by atoms with Gasteiger partial charge in [0.15, 0.2) is 17.2 Å². The van der Waals surface area contributed by atoms with Crippen molar-refractivity contribution in [3.8, 4) is 39.5 Å². The summed E-state index contributed by atoms with van der Waals surface area (Å²) in [5, 5.41) is 0.800. The Labute approximate surface area is 499 Å². The highest BCUT2D eigenvalue weighted by molar-refractivity contribution is 6.33. The summed E-state index contributed by atoms with van der Waals surface area (Å²) in [4.78, 5) is 49.2. The van der Waals surface area contributed by atoms with E-state index in [1.54, 1.807) is 6.07 Å². The molecule has 2 fully saturated rings. The maximum absolute atomic E-state index is 15.1. The Kier molecular flexibility index (Phi) is 18.3. The number of fused-ring (bicyclic) bond motifs is 1. The molecule has 83 heavy (non-hydrogen) atoms. The second kappa shape index (κ2) is 25.9. The number of rotatable bonds is 22. The first kappa shape index (κ1) is 58.6. The van der Waals surface area contributed by atoms with Gasteiger partial charge in [0.25, 0.3) is 0 Å². The summed E-state index contributed by atoms with van der Waals surface area (Å²) < 4.78 is 25.9. The second-order valence-electron chi connectivity index (χ2n) is 21.8. The number of benzene rings is 7. The number of hydrogen-bond donors (Lipinski definition) is 0. The van der Waals surface area contributed by atoms with Crippen LogP contribution in [0.15, 0.2) is 140 Å². The second-order valence-corrected chi connectivity index (χ2v) is 22.6. The number of halogens is 2.